The molecule has 0 aromatic heterocycles. The maximum absolute atomic E-state index is 0. The van der Waals surface area contributed by atoms with Crippen LogP contribution in [0.3, 0.4) is 0 Å². The summed E-state index contributed by atoms with van der Waals surface area (Å²) in [6, 6.07) is 0. The molecule has 0 N–H and O–H groups in total. The van der Waals surface area contributed by atoms with E-state index in [0.717, 1.165) is 0 Å². The Kier molecular flexibility index (Phi) is 119. The van der Waals surface area contributed by atoms with Gasteiger partial charge in [-0.1, -0.05) is 0 Å². The SMILES string of the molecule is [H-].[Li+].[Nb].[Ti].[Zr]. The van der Waals surface area contributed by atoms with Gasteiger partial charge in [0.25, 0.3) is 0 Å². The van der Waals surface area contributed by atoms with E-state index in [1.165, 1.54) is 0 Å². The molecule has 4 heteroatoms. The molecular weight excluding hydrogens is 239 g/mol. The van der Waals surface area contributed by atoms with Gasteiger partial charge in [-0.3, -0.25) is 0 Å². The molecule has 0 aromatic rings. The van der Waals surface area contributed by atoms with Gasteiger partial charge in [0.2, 0.25) is 0 Å². The Hall–Kier alpha value is 2.94. The Morgan fingerprint density at radius 2 is 1.25 bits per heavy atom. The number of rotatable bonds is 0. The largest absolute Gasteiger partial charge is 1.00 e. The van der Waals surface area contributed by atoms with Crippen LogP contribution in [0, 0.1) is 0 Å². The fraction of sp³-hybridized carbons (Fsp3) is 0. The van der Waals surface area contributed by atoms with E-state index in [0.29, 0.717) is 0 Å². The monoisotopic (exact) mass is 239 g/mol. The van der Waals surface area contributed by atoms with Crippen LogP contribution in [-0.2, 0) is 70.3 Å². The van der Waals surface area contributed by atoms with Crippen molar-refractivity contribution in [1.29, 1.82) is 0 Å². The van der Waals surface area contributed by atoms with Gasteiger partial charge < -0.3 is 1.43 Å². The summed E-state index contributed by atoms with van der Waals surface area (Å²) in [5, 5.41) is 0. The summed E-state index contributed by atoms with van der Waals surface area (Å²) in [6.07, 6.45) is 0. The van der Waals surface area contributed by atoms with Crippen LogP contribution in [-0.4, -0.2) is 0 Å². The molecule has 0 atom stereocenters. The predicted octanol–water partition coefficient (Wildman–Crippen LogP) is -2.89. The molecule has 0 fully saturated rings. The van der Waals surface area contributed by atoms with E-state index < -0.39 is 0 Å². The van der Waals surface area contributed by atoms with Crippen LogP contribution in [0.4, 0.5) is 0 Å². The van der Waals surface area contributed by atoms with E-state index in [4.69, 9.17) is 0 Å². The summed E-state index contributed by atoms with van der Waals surface area (Å²) in [5.74, 6) is 0. The zero-order valence-electron chi connectivity index (χ0n) is 3.45. The molecule has 0 amide bonds. The minimum absolute atomic E-state index is 0. The van der Waals surface area contributed by atoms with Crippen molar-refractivity contribution in [2.24, 2.45) is 0 Å². The van der Waals surface area contributed by atoms with Crippen LogP contribution in [0.5, 0.6) is 0 Å². The summed E-state index contributed by atoms with van der Waals surface area (Å²) in [6.45, 7) is 0. The van der Waals surface area contributed by atoms with E-state index in [9.17, 15) is 0 Å². The van der Waals surface area contributed by atoms with E-state index in [1.807, 2.05) is 0 Å². The molecule has 0 aromatic carbocycles. The van der Waals surface area contributed by atoms with Crippen molar-refractivity contribution in [1.82, 2.24) is 0 Å². The third-order valence-electron chi connectivity index (χ3n) is 0. The molecule has 0 aliphatic heterocycles. The summed E-state index contributed by atoms with van der Waals surface area (Å²) in [7, 11) is 0. The molecular formula is HLiNbTiZr. The number of hydrogen-bond donors (Lipinski definition) is 0. The molecule has 0 spiro atoms. The van der Waals surface area contributed by atoms with Crippen LogP contribution in [0.25, 0.3) is 0 Å². The first-order chi connectivity index (χ1) is 0. The van der Waals surface area contributed by atoms with Crippen LogP contribution < -0.4 is 18.9 Å². The standard InChI is InChI=1S/Li.Nb.Ti.Zr.H/q+1;;;;-1. The summed E-state index contributed by atoms with van der Waals surface area (Å²) in [5.41, 5.74) is 0. The Balaban J connectivity index is 0. The number of hydrogen-bond acceptors (Lipinski definition) is 0. The summed E-state index contributed by atoms with van der Waals surface area (Å²) < 4.78 is 0. The molecule has 0 aliphatic rings. The van der Waals surface area contributed by atoms with Crippen LogP contribution >= 0.6 is 0 Å². The molecule has 1 radical (unpaired) electrons. The summed E-state index contributed by atoms with van der Waals surface area (Å²) >= 11 is 0. The van der Waals surface area contributed by atoms with Gasteiger partial charge in [-0.2, -0.15) is 0 Å². The van der Waals surface area contributed by atoms with E-state index in [1.54, 1.807) is 0 Å². The maximum Gasteiger partial charge on any atom is 1.00 e. The van der Waals surface area contributed by atoms with Gasteiger partial charge in [0.15, 0.2) is 0 Å². The van der Waals surface area contributed by atoms with Gasteiger partial charge in [0.05, 0.1) is 0 Å². The molecule has 0 nitrogen and oxygen atoms in total. The van der Waals surface area contributed by atoms with Gasteiger partial charge in [-0.15, -0.1) is 0 Å². The summed E-state index contributed by atoms with van der Waals surface area (Å²) in [4.78, 5) is 0. The first-order valence-electron chi connectivity index (χ1n) is 0. The van der Waals surface area contributed by atoms with Gasteiger partial charge in [0.1, 0.15) is 0 Å². The van der Waals surface area contributed by atoms with Crippen LogP contribution in [0.15, 0.2) is 0 Å². The molecule has 0 rings (SSSR count). The zero-order chi connectivity index (χ0) is 0. The Morgan fingerprint density at radius 3 is 1.25 bits per heavy atom. The first kappa shape index (κ1) is 28.4. The normalized spacial score (nSPS) is 0. The zero-order valence-corrected chi connectivity index (χ0v) is 8.67. The maximum atomic E-state index is 0. The molecule has 15 valence electrons. The van der Waals surface area contributed by atoms with Crippen molar-refractivity contribution < 1.29 is 90.6 Å². The average molecular weight is 240 g/mol. The molecule has 0 bridgehead atoms. The van der Waals surface area contributed by atoms with Crippen molar-refractivity contribution in [3.63, 3.8) is 0 Å². The van der Waals surface area contributed by atoms with E-state index >= 15 is 0 Å². The van der Waals surface area contributed by atoms with Crippen molar-refractivity contribution >= 4 is 0 Å². The minimum atomic E-state index is 0. The molecule has 0 heterocycles. The van der Waals surface area contributed by atoms with Crippen molar-refractivity contribution in [3.05, 3.63) is 0 Å². The smallest absolute Gasteiger partial charge is 1.00 e. The third kappa shape index (κ3) is 8.87. The Labute approximate surface area is 89.0 Å². The Bertz CT molecular complexity index is 11.6. The predicted molar refractivity (Wildman–Crippen MR) is 1.11 cm³/mol. The third-order valence-corrected chi connectivity index (χ3v) is 0. The van der Waals surface area contributed by atoms with Gasteiger partial charge >= 0.3 is 18.9 Å². The second-order valence-corrected chi connectivity index (χ2v) is 0. The molecule has 0 saturated carbocycles. The van der Waals surface area contributed by atoms with Gasteiger partial charge in [-0.05, 0) is 0 Å². The van der Waals surface area contributed by atoms with Crippen LogP contribution in [0.1, 0.15) is 1.43 Å². The quantitative estimate of drug-likeness (QED) is 0.399. The first-order valence-corrected chi connectivity index (χ1v) is 0. The van der Waals surface area contributed by atoms with E-state index in [2.05, 4.69) is 0 Å². The van der Waals surface area contributed by atoms with Gasteiger partial charge in [0, 0.05) is 70.3 Å². The fourth-order valence-corrected chi connectivity index (χ4v) is 0. The van der Waals surface area contributed by atoms with Gasteiger partial charge in [-0.25, -0.2) is 0 Å². The fourth-order valence-electron chi connectivity index (χ4n) is 0. The Morgan fingerprint density at radius 1 is 1.25 bits per heavy atom. The van der Waals surface area contributed by atoms with E-state index in [-0.39, 0.29) is 90.6 Å². The van der Waals surface area contributed by atoms with Crippen molar-refractivity contribution in [2.75, 3.05) is 0 Å². The molecule has 4 heavy (non-hydrogen) atoms. The van der Waals surface area contributed by atoms with Crippen LogP contribution in [0.2, 0.25) is 0 Å². The van der Waals surface area contributed by atoms with Crippen molar-refractivity contribution in [2.45, 2.75) is 0 Å². The minimum Gasteiger partial charge on any atom is -1.00 e. The topological polar surface area (TPSA) is 0 Å². The van der Waals surface area contributed by atoms with Crippen molar-refractivity contribution in [3.8, 4) is 0 Å². The second-order valence-electron chi connectivity index (χ2n) is 0. The molecule has 0 aliphatic carbocycles. The molecule has 0 saturated heterocycles. The molecule has 0 unspecified atom stereocenters. The average Bonchev–Trinajstić information content (AvgIpc) is 0. The second kappa shape index (κ2) is 16.8.